The zero-order valence-electron chi connectivity index (χ0n) is 10.3. The van der Waals surface area contributed by atoms with Gasteiger partial charge >= 0.3 is 0 Å². The second-order valence-corrected chi connectivity index (χ2v) is 6.18. The number of nitrogen functional groups attached to an aromatic ring is 1. The Hall–Kier alpha value is -1.49. The summed E-state index contributed by atoms with van der Waals surface area (Å²) >= 11 is 0. The van der Waals surface area contributed by atoms with Crippen LogP contribution in [0.1, 0.15) is 5.56 Å². The summed E-state index contributed by atoms with van der Waals surface area (Å²) in [4.78, 5) is 0. The zero-order valence-corrected chi connectivity index (χ0v) is 11.9. The van der Waals surface area contributed by atoms with Crippen LogP contribution in [0.15, 0.2) is 30.3 Å². The van der Waals surface area contributed by atoms with Gasteiger partial charge in [-0.15, -0.1) is 0 Å². The first-order chi connectivity index (χ1) is 8.30. The van der Waals surface area contributed by atoms with Crippen LogP contribution in [0.25, 0.3) is 0 Å². The van der Waals surface area contributed by atoms with Crippen LogP contribution in [0.3, 0.4) is 0 Å². The maximum absolute atomic E-state index is 9.19. The molecule has 0 aliphatic carbocycles. The highest BCUT2D eigenvalue weighted by molar-refractivity contribution is 7.85. The Morgan fingerprint density at radius 1 is 1.00 bits per heavy atom. The molecule has 0 aromatic heterocycles. The average Bonchev–Trinajstić information content (AvgIpc) is 2.13. The number of nitrogens with one attached hydrogen (secondary N) is 1. The molecule has 10 heteroatoms. The molecule has 0 amide bonds. The molecule has 0 aliphatic heterocycles. The Balaban J connectivity index is 0. The summed E-state index contributed by atoms with van der Waals surface area (Å²) in [6.07, 6.45) is 1.43. The Bertz CT molecular complexity index is 534. The van der Waals surface area contributed by atoms with Crippen molar-refractivity contribution >= 4 is 26.1 Å². The molecule has 0 unspecified atom stereocenters. The topological polar surface area (TPSA) is 159 Å². The van der Waals surface area contributed by atoms with Crippen LogP contribution in [0.2, 0.25) is 0 Å². The Morgan fingerprint density at radius 2 is 1.26 bits per heavy atom. The van der Waals surface area contributed by atoms with Crippen molar-refractivity contribution in [3.63, 3.8) is 0 Å². The highest BCUT2D eigenvalue weighted by Gasteiger charge is 1.89. The molecule has 1 aromatic rings. The highest BCUT2D eigenvalue weighted by Crippen LogP contribution is 1.94. The molecule has 8 nitrogen and oxygen atoms in total. The molecule has 0 saturated heterocycles. The quantitative estimate of drug-likeness (QED) is 0.322. The minimum atomic E-state index is -3.67. The average molecular weight is 312 g/mol. The van der Waals surface area contributed by atoms with Gasteiger partial charge in [-0.25, -0.2) is 0 Å². The normalized spacial score (nSPS) is 10.3. The van der Waals surface area contributed by atoms with Gasteiger partial charge in [0.05, 0.1) is 12.5 Å². The molecule has 5 N–H and O–H groups in total. The van der Waals surface area contributed by atoms with Crippen molar-refractivity contribution < 1.29 is 25.9 Å². The van der Waals surface area contributed by atoms with Crippen molar-refractivity contribution in [3.05, 3.63) is 35.9 Å². The summed E-state index contributed by atoms with van der Waals surface area (Å²) < 4.78 is 51.7. The van der Waals surface area contributed by atoms with E-state index in [-0.39, 0.29) is 5.84 Å². The second kappa shape index (κ2) is 8.58. The van der Waals surface area contributed by atoms with Crippen LogP contribution >= 0.6 is 0 Å². The highest BCUT2D eigenvalue weighted by atomic mass is 32.2. The molecular formula is C9H16N2O6S2. The monoisotopic (exact) mass is 312 g/mol. The number of hydrogen-bond acceptors (Lipinski definition) is 5. The SMILES string of the molecule is CS(=O)(=O)O.CS(=O)(=O)O.N=C(N)c1ccccc1. The molecule has 1 rings (SSSR count). The smallest absolute Gasteiger partial charge is 0.261 e. The molecule has 0 bridgehead atoms. The molecule has 0 heterocycles. The lowest BCUT2D eigenvalue weighted by molar-refractivity contribution is 0.488. The largest absolute Gasteiger partial charge is 0.384 e. The molecule has 0 aliphatic rings. The van der Waals surface area contributed by atoms with E-state index in [1.54, 1.807) is 0 Å². The van der Waals surface area contributed by atoms with Crippen LogP contribution < -0.4 is 5.73 Å². The first-order valence-electron chi connectivity index (χ1n) is 4.55. The van der Waals surface area contributed by atoms with E-state index in [2.05, 4.69) is 0 Å². The number of nitrogens with two attached hydrogens (primary N) is 1. The predicted molar refractivity (Wildman–Crippen MR) is 72.4 cm³/mol. The van der Waals surface area contributed by atoms with Crippen LogP contribution in [0.5, 0.6) is 0 Å². The first-order valence-corrected chi connectivity index (χ1v) is 8.24. The van der Waals surface area contributed by atoms with Crippen LogP contribution in [-0.4, -0.2) is 44.3 Å². The summed E-state index contributed by atoms with van der Waals surface area (Å²) in [6.45, 7) is 0. The molecule has 0 spiro atoms. The summed E-state index contributed by atoms with van der Waals surface area (Å²) in [7, 11) is -7.33. The van der Waals surface area contributed by atoms with Gasteiger partial charge in [-0.05, 0) is 0 Å². The maximum Gasteiger partial charge on any atom is 0.261 e. The fourth-order valence-electron chi connectivity index (χ4n) is 0.618. The summed E-state index contributed by atoms with van der Waals surface area (Å²) in [6, 6.07) is 9.23. The second-order valence-electron chi connectivity index (χ2n) is 3.25. The third-order valence-corrected chi connectivity index (χ3v) is 1.08. The lowest BCUT2D eigenvalue weighted by Crippen LogP contribution is -2.10. The van der Waals surface area contributed by atoms with Gasteiger partial charge in [-0.2, -0.15) is 16.8 Å². The predicted octanol–water partition coefficient (Wildman–Crippen LogP) is -0.0213. The summed E-state index contributed by atoms with van der Waals surface area (Å²) in [5, 5.41) is 7.01. The van der Waals surface area contributed by atoms with Gasteiger partial charge in [0.25, 0.3) is 20.2 Å². The van der Waals surface area contributed by atoms with Gasteiger partial charge < -0.3 is 5.73 Å². The molecule has 0 radical (unpaired) electrons. The zero-order chi connectivity index (χ0) is 15.7. The Morgan fingerprint density at radius 3 is 1.42 bits per heavy atom. The third-order valence-electron chi connectivity index (χ3n) is 1.08. The van der Waals surface area contributed by atoms with Crippen molar-refractivity contribution in [1.82, 2.24) is 0 Å². The van der Waals surface area contributed by atoms with E-state index in [0.717, 1.165) is 5.56 Å². The van der Waals surface area contributed by atoms with Crippen molar-refractivity contribution in [1.29, 1.82) is 5.41 Å². The van der Waals surface area contributed by atoms with Crippen molar-refractivity contribution in [2.24, 2.45) is 5.73 Å². The van der Waals surface area contributed by atoms with Gasteiger partial charge in [0.2, 0.25) is 0 Å². The first kappa shape index (κ1) is 19.8. The van der Waals surface area contributed by atoms with Crippen LogP contribution in [-0.2, 0) is 20.2 Å². The van der Waals surface area contributed by atoms with Crippen LogP contribution in [0.4, 0.5) is 0 Å². The Kier molecular flexibility index (Phi) is 8.96. The molecule has 110 valence electrons. The van der Waals surface area contributed by atoms with E-state index in [0.29, 0.717) is 12.5 Å². The van der Waals surface area contributed by atoms with E-state index in [9.17, 15) is 16.8 Å². The van der Waals surface area contributed by atoms with Gasteiger partial charge in [0, 0.05) is 5.56 Å². The van der Waals surface area contributed by atoms with Gasteiger partial charge in [-0.3, -0.25) is 14.5 Å². The van der Waals surface area contributed by atoms with Crippen LogP contribution in [0, 0.1) is 5.41 Å². The maximum atomic E-state index is 9.19. The molecule has 1 aromatic carbocycles. The van der Waals surface area contributed by atoms with E-state index in [1.165, 1.54) is 0 Å². The van der Waals surface area contributed by atoms with E-state index < -0.39 is 20.2 Å². The minimum Gasteiger partial charge on any atom is -0.384 e. The number of rotatable bonds is 1. The third kappa shape index (κ3) is 31.5. The fraction of sp³-hybridized carbons (Fsp3) is 0.222. The standard InChI is InChI=1S/C7H8N2.2CH4O3S/c8-7(9)6-4-2-1-3-5-6;2*1-5(2,3)4/h1-5H,(H3,8,9);2*1H3,(H,2,3,4). The lowest BCUT2D eigenvalue weighted by atomic mass is 10.2. The van der Waals surface area contributed by atoms with E-state index in [1.807, 2.05) is 30.3 Å². The van der Waals surface area contributed by atoms with Gasteiger partial charge in [-0.1, -0.05) is 30.3 Å². The molecular weight excluding hydrogens is 296 g/mol. The molecule has 0 saturated carbocycles. The number of amidine groups is 1. The number of hydrogen-bond donors (Lipinski definition) is 4. The van der Waals surface area contributed by atoms with Gasteiger partial charge in [0.1, 0.15) is 5.84 Å². The molecule has 19 heavy (non-hydrogen) atoms. The van der Waals surface area contributed by atoms with E-state index >= 15 is 0 Å². The van der Waals surface area contributed by atoms with Crippen molar-refractivity contribution in [3.8, 4) is 0 Å². The van der Waals surface area contributed by atoms with Crippen molar-refractivity contribution in [2.45, 2.75) is 0 Å². The van der Waals surface area contributed by atoms with Crippen molar-refractivity contribution in [2.75, 3.05) is 12.5 Å². The minimum absolute atomic E-state index is 0.121. The van der Waals surface area contributed by atoms with Gasteiger partial charge in [0.15, 0.2) is 0 Å². The molecule has 0 fully saturated rings. The fourth-order valence-corrected chi connectivity index (χ4v) is 0.618. The summed E-state index contributed by atoms with van der Waals surface area (Å²) in [5.74, 6) is 0.121. The Labute approximate surface area is 112 Å². The summed E-state index contributed by atoms with van der Waals surface area (Å²) in [5.41, 5.74) is 5.97. The number of benzene rings is 1. The van der Waals surface area contributed by atoms with E-state index in [4.69, 9.17) is 20.2 Å². The lowest BCUT2D eigenvalue weighted by Gasteiger charge is -1.93. The molecule has 0 atom stereocenters.